The molecule has 6 rings (SSSR count). The summed E-state index contributed by atoms with van der Waals surface area (Å²) in [5.74, 6) is 0.588. The molecule has 1 aromatic carbocycles. The second-order valence-electron chi connectivity index (χ2n) is 8.33. The molecule has 1 N–H and O–H groups in total. The molecule has 0 radical (unpaired) electrons. The molecule has 154 valence electrons. The van der Waals surface area contributed by atoms with Crippen LogP contribution in [0.5, 0.6) is 0 Å². The van der Waals surface area contributed by atoms with Crippen molar-refractivity contribution < 1.29 is 4.74 Å². The highest BCUT2D eigenvalue weighted by Gasteiger charge is 2.36. The van der Waals surface area contributed by atoms with Gasteiger partial charge in [0.2, 0.25) is 0 Å². The molecule has 2 fully saturated rings. The number of thiazole rings is 1. The lowest BCUT2D eigenvalue weighted by atomic mass is 9.93. The van der Waals surface area contributed by atoms with Crippen LogP contribution in [-0.4, -0.2) is 46.7 Å². The number of rotatable bonds is 4. The molecule has 30 heavy (non-hydrogen) atoms. The summed E-state index contributed by atoms with van der Waals surface area (Å²) in [5.41, 5.74) is 5.12. The lowest BCUT2D eigenvalue weighted by Crippen LogP contribution is -2.56. The Morgan fingerprint density at radius 1 is 1.20 bits per heavy atom. The first-order valence-electron chi connectivity index (χ1n) is 10.6. The molecule has 2 aliphatic heterocycles. The van der Waals surface area contributed by atoms with Gasteiger partial charge in [-0.05, 0) is 56.6 Å². The number of benzene rings is 1. The van der Waals surface area contributed by atoms with Gasteiger partial charge >= 0.3 is 0 Å². The van der Waals surface area contributed by atoms with E-state index in [4.69, 9.17) is 4.74 Å². The quantitative estimate of drug-likeness (QED) is 0.450. The Labute approximate surface area is 183 Å². The van der Waals surface area contributed by atoms with Gasteiger partial charge < -0.3 is 10.1 Å². The van der Waals surface area contributed by atoms with Crippen molar-refractivity contribution in [3.63, 3.8) is 0 Å². The summed E-state index contributed by atoms with van der Waals surface area (Å²) < 4.78 is 6.83. The van der Waals surface area contributed by atoms with Crippen molar-refractivity contribution >= 4 is 54.5 Å². The smallest absolute Gasteiger partial charge is 0.125 e. The van der Waals surface area contributed by atoms with E-state index in [1.807, 2.05) is 23.0 Å². The summed E-state index contributed by atoms with van der Waals surface area (Å²) in [6, 6.07) is 11.4. The lowest BCUT2D eigenvalue weighted by molar-refractivity contribution is -0.129. The van der Waals surface area contributed by atoms with Crippen LogP contribution in [0.25, 0.3) is 20.4 Å². The lowest BCUT2D eigenvalue weighted by Gasteiger charge is -2.45. The second kappa shape index (κ2) is 7.57. The van der Waals surface area contributed by atoms with Gasteiger partial charge in [0.15, 0.2) is 0 Å². The third kappa shape index (κ3) is 3.30. The van der Waals surface area contributed by atoms with E-state index < -0.39 is 0 Å². The predicted octanol–water partition coefficient (Wildman–Crippen LogP) is 5.62. The Morgan fingerprint density at radius 3 is 3.03 bits per heavy atom. The van der Waals surface area contributed by atoms with Crippen molar-refractivity contribution in [1.82, 2.24) is 14.9 Å². The molecule has 2 aliphatic rings. The number of nitrogens with zero attached hydrogens (tertiary/aromatic N) is 3. The molecule has 3 aromatic heterocycles. The maximum absolute atomic E-state index is 5.62. The van der Waals surface area contributed by atoms with E-state index in [-0.39, 0.29) is 0 Å². The van der Waals surface area contributed by atoms with Crippen LogP contribution in [0.1, 0.15) is 30.6 Å². The first-order valence-corrected chi connectivity index (χ1v) is 12.3. The molecule has 2 saturated heterocycles. The van der Waals surface area contributed by atoms with E-state index in [1.54, 1.807) is 11.3 Å². The SMILES string of the molecule is C[C@@H]1OC[C@H]1N1CCCC(c2cc3c(Nc4ccc5scnc5c4)ccnc3s2)C1. The molecule has 5 nitrogen and oxygen atoms in total. The van der Waals surface area contributed by atoms with Crippen molar-refractivity contribution in [2.75, 3.05) is 25.0 Å². The summed E-state index contributed by atoms with van der Waals surface area (Å²) in [6.07, 6.45) is 4.80. The number of nitrogens with one attached hydrogen (secondary N) is 1. The van der Waals surface area contributed by atoms with Crippen LogP contribution in [0, 0.1) is 0 Å². The van der Waals surface area contributed by atoms with Gasteiger partial charge in [-0.25, -0.2) is 9.97 Å². The van der Waals surface area contributed by atoms with Gasteiger partial charge in [-0.3, -0.25) is 4.90 Å². The minimum atomic E-state index is 0.374. The average Bonchev–Trinajstić information content (AvgIpc) is 3.40. The monoisotopic (exact) mass is 436 g/mol. The highest BCUT2D eigenvalue weighted by atomic mass is 32.1. The highest BCUT2D eigenvalue weighted by molar-refractivity contribution is 7.18. The molecule has 1 unspecified atom stereocenters. The standard InChI is InChI=1S/C23H24N4OS2/c1-14-20(12-28-14)27-8-2-3-15(11-27)22-10-17-18(6-7-24-23(17)30-22)26-16-4-5-21-19(9-16)25-13-29-21/h4-7,9-10,13-15,20H,2-3,8,11-12H2,1H3,(H,24,26)/t14-,15?,20+/m0/s1. The number of pyridine rings is 1. The van der Waals surface area contributed by atoms with E-state index in [2.05, 4.69) is 57.4 Å². The van der Waals surface area contributed by atoms with Gasteiger partial charge in [-0.2, -0.15) is 0 Å². The minimum absolute atomic E-state index is 0.374. The average molecular weight is 437 g/mol. The molecular weight excluding hydrogens is 412 g/mol. The largest absolute Gasteiger partial charge is 0.375 e. The number of thiophene rings is 1. The molecule has 0 amide bonds. The number of fused-ring (bicyclic) bond motifs is 2. The molecule has 0 saturated carbocycles. The maximum Gasteiger partial charge on any atom is 0.125 e. The molecular formula is C23H24N4OS2. The zero-order valence-corrected chi connectivity index (χ0v) is 18.5. The van der Waals surface area contributed by atoms with E-state index >= 15 is 0 Å². The van der Waals surface area contributed by atoms with E-state index in [0.717, 1.165) is 34.9 Å². The molecule has 4 aromatic rings. The van der Waals surface area contributed by atoms with E-state index in [0.29, 0.717) is 18.1 Å². The second-order valence-corrected chi connectivity index (χ2v) is 10.3. The van der Waals surface area contributed by atoms with Gasteiger partial charge in [0.25, 0.3) is 0 Å². The number of hydrogen-bond acceptors (Lipinski definition) is 7. The normalized spacial score (nSPS) is 24.9. The summed E-state index contributed by atoms with van der Waals surface area (Å²) in [6.45, 7) is 5.42. The number of hydrogen-bond donors (Lipinski definition) is 1. The van der Waals surface area contributed by atoms with E-state index in [9.17, 15) is 0 Å². The molecule has 5 heterocycles. The van der Waals surface area contributed by atoms with Crippen LogP contribution in [0.4, 0.5) is 11.4 Å². The van der Waals surface area contributed by atoms with Crippen LogP contribution in [0.3, 0.4) is 0 Å². The number of likely N-dealkylation sites (tertiary alicyclic amines) is 1. The minimum Gasteiger partial charge on any atom is -0.375 e. The van der Waals surface area contributed by atoms with Gasteiger partial charge in [-0.15, -0.1) is 22.7 Å². The fourth-order valence-corrected chi connectivity index (χ4v) is 6.49. The van der Waals surface area contributed by atoms with Gasteiger partial charge in [0.1, 0.15) is 4.83 Å². The Kier molecular flexibility index (Phi) is 4.71. The first-order chi connectivity index (χ1) is 14.7. The number of piperidine rings is 1. The van der Waals surface area contributed by atoms with Gasteiger partial charge in [-0.1, -0.05) is 0 Å². The van der Waals surface area contributed by atoms with E-state index in [1.165, 1.54) is 34.3 Å². The van der Waals surface area contributed by atoms with Crippen LogP contribution in [-0.2, 0) is 4.74 Å². The number of ether oxygens (including phenoxy) is 1. The Bertz CT molecular complexity index is 1200. The number of anilines is 2. The van der Waals surface area contributed by atoms with Crippen molar-refractivity contribution in [3.8, 4) is 0 Å². The Balaban J connectivity index is 1.28. The maximum atomic E-state index is 5.62. The molecule has 0 aliphatic carbocycles. The van der Waals surface area contributed by atoms with Crippen LogP contribution >= 0.6 is 22.7 Å². The topological polar surface area (TPSA) is 50.3 Å². The van der Waals surface area contributed by atoms with Crippen molar-refractivity contribution in [1.29, 1.82) is 0 Å². The third-order valence-corrected chi connectivity index (χ3v) is 8.48. The first kappa shape index (κ1) is 18.7. The summed E-state index contributed by atoms with van der Waals surface area (Å²) in [5, 5.41) is 4.82. The van der Waals surface area contributed by atoms with Crippen molar-refractivity contribution in [2.45, 2.75) is 37.8 Å². The fourth-order valence-electron chi connectivity index (χ4n) is 4.68. The van der Waals surface area contributed by atoms with Gasteiger partial charge in [0, 0.05) is 34.6 Å². The Morgan fingerprint density at radius 2 is 2.17 bits per heavy atom. The summed E-state index contributed by atoms with van der Waals surface area (Å²) in [4.78, 5) is 14.3. The molecule has 0 bridgehead atoms. The zero-order valence-electron chi connectivity index (χ0n) is 16.9. The molecule has 0 spiro atoms. The summed E-state index contributed by atoms with van der Waals surface area (Å²) >= 11 is 3.53. The van der Waals surface area contributed by atoms with Crippen LogP contribution in [0.2, 0.25) is 0 Å². The highest BCUT2D eigenvalue weighted by Crippen LogP contribution is 2.39. The molecule has 7 heteroatoms. The predicted molar refractivity (Wildman–Crippen MR) is 125 cm³/mol. The Hall–Kier alpha value is -2.06. The number of aromatic nitrogens is 2. The van der Waals surface area contributed by atoms with Crippen molar-refractivity contribution in [2.24, 2.45) is 0 Å². The summed E-state index contributed by atoms with van der Waals surface area (Å²) in [7, 11) is 0. The van der Waals surface area contributed by atoms with Gasteiger partial charge in [0.05, 0.1) is 40.2 Å². The van der Waals surface area contributed by atoms with Crippen LogP contribution in [0.15, 0.2) is 42.0 Å². The molecule has 3 atom stereocenters. The van der Waals surface area contributed by atoms with Crippen LogP contribution < -0.4 is 5.32 Å². The zero-order chi connectivity index (χ0) is 20.1. The fraction of sp³-hybridized carbons (Fsp3) is 0.391. The third-order valence-electron chi connectivity index (χ3n) is 6.46. The van der Waals surface area contributed by atoms with Crippen molar-refractivity contribution in [3.05, 3.63) is 46.9 Å².